The van der Waals surface area contributed by atoms with E-state index in [0.29, 0.717) is 23.7 Å². The molecule has 0 radical (unpaired) electrons. The van der Waals surface area contributed by atoms with Crippen molar-refractivity contribution in [3.8, 4) is 5.75 Å². The number of carbonyl (C=O) groups excluding carboxylic acids is 2. The number of anilines is 2. The van der Waals surface area contributed by atoms with Crippen LogP contribution in [-0.2, 0) is 4.79 Å². The third-order valence-electron chi connectivity index (χ3n) is 3.71. The lowest BCUT2D eigenvalue weighted by atomic mass is 10.0. The zero-order valence-electron chi connectivity index (χ0n) is 14.6. The van der Waals surface area contributed by atoms with E-state index in [4.69, 9.17) is 4.74 Å². The largest absolute Gasteiger partial charge is 0.495 e. The Balaban J connectivity index is 1.98. The van der Waals surface area contributed by atoms with E-state index < -0.39 is 0 Å². The molecule has 0 saturated heterocycles. The summed E-state index contributed by atoms with van der Waals surface area (Å²) < 4.78 is 5.25. The molecule has 2 aromatic rings. The normalized spacial score (nSPS) is 11.3. The van der Waals surface area contributed by atoms with Gasteiger partial charge < -0.3 is 20.7 Å². The van der Waals surface area contributed by atoms with Crippen LogP contribution in [0, 0.1) is 0 Å². The van der Waals surface area contributed by atoms with Crippen LogP contribution in [-0.4, -0.2) is 25.6 Å². The van der Waals surface area contributed by atoms with Crippen LogP contribution in [0.5, 0.6) is 5.75 Å². The maximum atomic E-state index is 12.2. The summed E-state index contributed by atoms with van der Waals surface area (Å²) in [6, 6.07) is 14.7. The molecule has 6 heteroatoms. The molecule has 1 atom stereocenters. The standard InChI is InChI=1S/C19H23N3O3/c1-13(15-7-5-4-6-8-15)12-20-19(24)22-17-11-16(21-14(2)23)9-10-18(17)25-3/h4-11,13H,12H2,1-3H3,(H,21,23)(H2,20,22,24)/t13-/m0/s1. The van der Waals surface area contributed by atoms with Gasteiger partial charge in [0, 0.05) is 19.2 Å². The molecule has 0 unspecified atom stereocenters. The minimum atomic E-state index is -0.332. The smallest absolute Gasteiger partial charge is 0.319 e. The second kappa shape index (κ2) is 8.73. The molecule has 0 bridgehead atoms. The van der Waals surface area contributed by atoms with Crippen molar-refractivity contribution in [2.75, 3.05) is 24.3 Å². The first-order chi connectivity index (χ1) is 12.0. The summed E-state index contributed by atoms with van der Waals surface area (Å²) in [6.07, 6.45) is 0. The number of hydrogen-bond donors (Lipinski definition) is 3. The summed E-state index contributed by atoms with van der Waals surface area (Å²) in [7, 11) is 1.52. The third-order valence-corrected chi connectivity index (χ3v) is 3.71. The summed E-state index contributed by atoms with van der Waals surface area (Å²) in [5.74, 6) is 0.525. The van der Waals surface area contributed by atoms with Gasteiger partial charge in [0.2, 0.25) is 5.91 Å². The summed E-state index contributed by atoms with van der Waals surface area (Å²) in [6.45, 7) is 3.98. The van der Waals surface area contributed by atoms with E-state index in [1.807, 2.05) is 37.3 Å². The van der Waals surface area contributed by atoms with Crippen molar-refractivity contribution in [1.29, 1.82) is 0 Å². The molecular weight excluding hydrogens is 318 g/mol. The Morgan fingerprint density at radius 3 is 2.44 bits per heavy atom. The highest BCUT2D eigenvalue weighted by Gasteiger charge is 2.11. The number of ether oxygens (including phenoxy) is 1. The summed E-state index contributed by atoms with van der Waals surface area (Å²) in [4.78, 5) is 23.4. The number of nitrogens with one attached hydrogen (secondary N) is 3. The number of hydrogen-bond acceptors (Lipinski definition) is 3. The van der Waals surface area contributed by atoms with Crippen molar-refractivity contribution in [2.45, 2.75) is 19.8 Å². The maximum absolute atomic E-state index is 12.2. The highest BCUT2D eigenvalue weighted by Crippen LogP contribution is 2.27. The van der Waals surface area contributed by atoms with Gasteiger partial charge in [0.05, 0.1) is 12.8 Å². The van der Waals surface area contributed by atoms with Gasteiger partial charge in [-0.2, -0.15) is 0 Å². The molecule has 0 aliphatic heterocycles. The van der Waals surface area contributed by atoms with E-state index in [1.165, 1.54) is 14.0 Å². The molecule has 2 aromatic carbocycles. The van der Waals surface area contributed by atoms with E-state index in [9.17, 15) is 9.59 Å². The molecule has 0 saturated carbocycles. The lowest BCUT2D eigenvalue weighted by Crippen LogP contribution is -2.31. The molecule has 0 fully saturated rings. The average molecular weight is 341 g/mol. The molecule has 0 heterocycles. The minimum Gasteiger partial charge on any atom is -0.495 e. The van der Waals surface area contributed by atoms with Gasteiger partial charge in [-0.3, -0.25) is 4.79 Å². The maximum Gasteiger partial charge on any atom is 0.319 e. The summed E-state index contributed by atoms with van der Waals surface area (Å²) in [5.41, 5.74) is 2.23. The number of benzene rings is 2. The fraction of sp³-hybridized carbons (Fsp3) is 0.263. The van der Waals surface area contributed by atoms with Crippen LogP contribution in [0.4, 0.5) is 16.2 Å². The lowest BCUT2D eigenvalue weighted by molar-refractivity contribution is -0.114. The van der Waals surface area contributed by atoms with E-state index >= 15 is 0 Å². The van der Waals surface area contributed by atoms with E-state index in [0.717, 1.165) is 5.56 Å². The van der Waals surface area contributed by atoms with Crippen molar-refractivity contribution in [3.63, 3.8) is 0 Å². The molecule has 2 rings (SSSR count). The van der Waals surface area contributed by atoms with Crippen molar-refractivity contribution < 1.29 is 14.3 Å². The molecule has 0 spiro atoms. The van der Waals surface area contributed by atoms with Gasteiger partial charge in [0.1, 0.15) is 5.75 Å². The molecule has 0 aliphatic rings. The fourth-order valence-electron chi connectivity index (χ4n) is 2.40. The summed E-state index contributed by atoms with van der Waals surface area (Å²) >= 11 is 0. The Bertz CT molecular complexity index is 732. The van der Waals surface area contributed by atoms with Crippen LogP contribution in [0.2, 0.25) is 0 Å². The molecule has 3 N–H and O–H groups in total. The van der Waals surface area contributed by atoms with Crippen LogP contribution in [0.25, 0.3) is 0 Å². The van der Waals surface area contributed by atoms with Crippen molar-refractivity contribution in [1.82, 2.24) is 5.32 Å². The van der Waals surface area contributed by atoms with E-state index in [-0.39, 0.29) is 17.9 Å². The fourth-order valence-corrected chi connectivity index (χ4v) is 2.40. The Kier molecular flexibility index (Phi) is 6.39. The van der Waals surface area contributed by atoms with Crippen LogP contribution in [0.15, 0.2) is 48.5 Å². The van der Waals surface area contributed by atoms with Crippen molar-refractivity contribution in [2.24, 2.45) is 0 Å². The van der Waals surface area contributed by atoms with Gasteiger partial charge in [-0.15, -0.1) is 0 Å². The van der Waals surface area contributed by atoms with Gasteiger partial charge in [-0.05, 0) is 29.7 Å². The van der Waals surface area contributed by atoms with Crippen LogP contribution in [0.3, 0.4) is 0 Å². The quantitative estimate of drug-likeness (QED) is 0.751. The average Bonchev–Trinajstić information content (AvgIpc) is 2.60. The predicted octanol–water partition coefficient (Wildman–Crippen LogP) is 3.58. The predicted molar refractivity (Wildman–Crippen MR) is 99.2 cm³/mol. The number of carbonyl (C=O) groups is 2. The van der Waals surface area contributed by atoms with Crippen molar-refractivity contribution in [3.05, 3.63) is 54.1 Å². The molecule has 3 amide bonds. The Morgan fingerprint density at radius 1 is 1.08 bits per heavy atom. The molecule has 0 aliphatic carbocycles. The first kappa shape index (κ1) is 18.3. The zero-order chi connectivity index (χ0) is 18.2. The second-order valence-corrected chi connectivity index (χ2v) is 5.74. The Labute approximate surface area is 147 Å². The zero-order valence-corrected chi connectivity index (χ0v) is 14.6. The summed E-state index contributed by atoms with van der Waals surface area (Å²) in [5, 5.41) is 8.28. The van der Waals surface area contributed by atoms with Gasteiger partial charge in [-0.1, -0.05) is 37.3 Å². The van der Waals surface area contributed by atoms with Crippen molar-refractivity contribution >= 4 is 23.3 Å². The van der Waals surface area contributed by atoms with Crippen LogP contribution in [0.1, 0.15) is 25.3 Å². The van der Waals surface area contributed by atoms with Gasteiger partial charge in [0.25, 0.3) is 0 Å². The van der Waals surface area contributed by atoms with E-state index in [2.05, 4.69) is 16.0 Å². The number of methoxy groups -OCH3 is 1. The minimum absolute atomic E-state index is 0.183. The van der Waals surface area contributed by atoms with Gasteiger partial charge in [0.15, 0.2) is 0 Å². The number of rotatable bonds is 6. The highest BCUT2D eigenvalue weighted by atomic mass is 16.5. The molecular formula is C19H23N3O3. The molecule has 25 heavy (non-hydrogen) atoms. The molecule has 132 valence electrons. The first-order valence-corrected chi connectivity index (χ1v) is 8.05. The topological polar surface area (TPSA) is 79.5 Å². The monoisotopic (exact) mass is 341 g/mol. The third kappa shape index (κ3) is 5.53. The Hall–Kier alpha value is -3.02. The first-order valence-electron chi connectivity index (χ1n) is 8.05. The van der Waals surface area contributed by atoms with E-state index in [1.54, 1.807) is 18.2 Å². The molecule has 0 aromatic heterocycles. The highest BCUT2D eigenvalue weighted by molar-refractivity contribution is 5.94. The van der Waals surface area contributed by atoms with Crippen LogP contribution < -0.4 is 20.7 Å². The number of amides is 3. The number of urea groups is 1. The SMILES string of the molecule is COc1ccc(NC(C)=O)cc1NC(=O)NC[C@H](C)c1ccccc1. The van der Waals surface area contributed by atoms with Gasteiger partial charge >= 0.3 is 6.03 Å². The Morgan fingerprint density at radius 2 is 1.80 bits per heavy atom. The second-order valence-electron chi connectivity index (χ2n) is 5.74. The van der Waals surface area contributed by atoms with Crippen LogP contribution >= 0.6 is 0 Å². The molecule has 6 nitrogen and oxygen atoms in total. The van der Waals surface area contributed by atoms with Gasteiger partial charge in [-0.25, -0.2) is 4.79 Å². The lowest BCUT2D eigenvalue weighted by Gasteiger charge is -2.15.